The Bertz CT molecular complexity index is 1050. The quantitative estimate of drug-likeness (QED) is 0.723. The monoisotopic (exact) mass is 445 g/mol. The minimum Gasteiger partial charge on any atom is -0.493 e. The van der Waals surface area contributed by atoms with E-state index in [9.17, 15) is 4.79 Å². The van der Waals surface area contributed by atoms with Crippen molar-refractivity contribution >= 4 is 27.6 Å². The van der Waals surface area contributed by atoms with Gasteiger partial charge in [-0.1, -0.05) is 0 Å². The highest BCUT2D eigenvalue weighted by Crippen LogP contribution is 2.50. The lowest BCUT2D eigenvalue weighted by molar-refractivity contribution is -0.136. The first kappa shape index (κ1) is 17.2. The van der Waals surface area contributed by atoms with Crippen LogP contribution in [-0.4, -0.2) is 33.6 Å². The fraction of sp³-hybridized carbons (Fsp3) is 0.250. The molecule has 0 fully saturated rings. The van der Waals surface area contributed by atoms with Crippen LogP contribution in [0, 0.1) is 0 Å². The molecule has 0 saturated carbocycles. The number of nitrogens with one attached hydrogen (secondary N) is 1. The zero-order valence-electron chi connectivity index (χ0n) is 15.1. The number of cyclic esters (lactones) is 1. The largest absolute Gasteiger partial charge is 0.493 e. The third kappa shape index (κ3) is 2.44. The van der Waals surface area contributed by atoms with E-state index >= 15 is 0 Å². The number of benzene rings is 2. The Kier molecular flexibility index (Phi) is 3.90. The first-order valence-corrected chi connectivity index (χ1v) is 9.42. The van der Waals surface area contributed by atoms with E-state index in [2.05, 4.69) is 21.2 Å². The predicted octanol–water partition coefficient (Wildman–Crippen LogP) is 3.56. The Morgan fingerprint density at radius 1 is 1.07 bits per heavy atom. The van der Waals surface area contributed by atoms with Crippen LogP contribution in [0.25, 0.3) is 0 Å². The molecule has 0 saturated heterocycles. The van der Waals surface area contributed by atoms with Crippen molar-refractivity contribution in [3.63, 3.8) is 0 Å². The average molecular weight is 446 g/mol. The molecule has 0 radical (unpaired) electrons. The number of carbonyl (C=O) groups excluding carboxylic acids is 1. The van der Waals surface area contributed by atoms with Gasteiger partial charge in [-0.3, -0.25) is 0 Å². The lowest BCUT2D eigenvalue weighted by atomic mass is 9.81. The van der Waals surface area contributed by atoms with Gasteiger partial charge in [0.2, 0.25) is 6.79 Å². The van der Waals surface area contributed by atoms with Gasteiger partial charge in [-0.2, -0.15) is 0 Å². The van der Waals surface area contributed by atoms with Crippen molar-refractivity contribution in [1.29, 1.82) is 0 Å². The zero-order chi connectivity index (χ0) is 19.4. The highest BCUT2D eigenvalue weighted by atomic mass is 79.9. The highest BCUT2D eigenvalue weighted by Gasteiger charge is 2.40. The molecule has 0 bridgehead atoms. The minimum absolute atomic E-state index is 0.181. The van der Waals surface area contributed by atoms with Crippen LogP contribution in [0.1, 0.15) is 17.0 Å². The predicted molar refractivity (Wildman–Crippen MR) is 103 cm³/mol. The smallest absolute Gasteiger partial charge is 0.337 e. The summed E-state index contributed by atoms with van der Waals surface area (Å²) >= 11 is 3.55. The Hall–Kier alpha value is -2.87. The van der Waals surface area contributed by atoms with E-state index in [4.69, 9.17) is 23.7 Å². The van der Waals surface area contributed by atoms with E-state index < -0.39 is 0 Å². The molecule has 144 valence electrons. The van der Waals surface area contributed by atoms with Gasteiger partial charge in [-0.25, -0.2) is 4.79 Å². The fourth-order valence-electron chi connectivity index (χ4n) is 3.89. The normalized spacial score (nSPS) is 19.0. The number of rotatable bonds is 3. The molecule has 3 heterocycles. The Morgan fingerprint density at radius 2 is 1.86 bits per heavy atom. The molecular weight excluding hydrogens is 430 g/mol. The zero-order valence-corrected chi connectivity index (χ0v) is 16.7. The van der Waals surface area contributed by atoms with Gasteiger partial charge in [-0.05, 0) is 45.3 Å². The van der Waals surface area contributed by atoms with Crippen molar-refractivity contribution in [3.8, 4) is 23.0 Å². The second kappa shape index (κ2) is 6.34. The minimum atomic E-state index is -0.341. The molecular formula is C20H16BrNO6. The van der Waals surface area contributed by atoms with E-state index in [1.165, 1.54) is 0 Å². The van der Waals surface area contributed by atoms with Gasteiger partial charge < -0.3 is 29.0 Å². The number of hydrogen-bond donors (Lipinski definition) is 1. The maximum absolute atomic E-state index is 12.6. The molecule has 0 aromatic heterocycles. The summed E-state index contributed by atoms with van der Waals surface area (Å²) < 4.78 is 28.0. The molecule has 0 amide bonds. The Morgan fingerprint density at radius 3 is 2.61 bits per heavy atom. The number of ether oxygens (including phenoxy) is 5. The maximum Gasteiger partial charge on any atom is 0.337 e. The van der Waals surface area contributed by atoms with E-state index in [0.717, 1.165) is 27.0 Å². The van der Waals surface area contributed by atoms with E-state index in [1.54, 1.807) is 14.2 Å². The van der Waals surface area contributed by atoms with Crippen LogP contribution in [0.15, 0.2) is 40.0 Å². The van der Waals surface area contributed by atoms with E-state index in [0.29, 0.717) is 28.6 Å². The van der Waals surface area contributed by atoms with Gasteiger partial charge >= 0.3 is 5.97 Å². The molecule has 7 nitrogen and oxygen atoms in total. The van der Waals surface area contributed by atoms with Crippen molar-refractivity contribution in [1.82, 2.24) is 0 Å². The first-order chi connectivity index (χ1) is 13.6. The van der Waals surface area contributed by atoms with Crippen LogP contribution >= 0.6 is 15.9 Å². The van der Waals surface area contributed by atoms with Crippen LogP contribution in [0.2, 0.25) is 0 Å². The number of fused-ring (bicyclic) bond motifs is 2. The SMILES string of the molecule is COc1cc(C2C3=C(COC3=O)Nc3cc4c(cc32)OCO4)cc(Br)c1OC. The molecule has 0 aliphatic carbocycles. The molecule has 28 heavy (non-hydrogen) atoms. The lowest BCUT2D eigenvalue weighted by Crippen LogP contribution is -2.20. The number of hydrogen-bond acceptors (Lipinski definition) is 7. The molecule has 5 rings (SSSR count). The molecule has 3 aliphatic rings. The summed E-state index contributed by atoms with van der Waals surface area (Å²) in [7, 11) is 3.16. The molecule has 2 aromatic rings. The van der Waals surface area contributed by atoms with Gasteiger partial charge in [-0.15, -0.1) is 0 Å². The topological polar surface area (TPSA) is 75.3 Å². The molecule has 3 aliphatic heterocycles. The second-order valence-electron chi connectivity index (χ2n) is 6.56. The van der Waals surface area contributed by atoms with Crippen molar-refractivity contribution in [2.24, 2.45) is 0 Å². The third-order valence-corrected chi connectivity index (χ3v) is 5.70. The van der Waals surface area contributed by atoms with Gasteiger partial charge in [0.15, 0.2) is 23.0 Å². The lowest BCUT2D eigenvalue weighted by Gasteiger charge is -2.28. The van der Waals surface area contributed by atoms with Crippen molar-refractivity contribution < 1.29 is 28.5 Å². The van der Waals surface area contributed by atoms with Crippen LogP contribution in [0.5, 0.6) is 23.0 Å². The molecule has 0 spiro atoms. The van der Waals surface area contributed by atoms with Crippen molar-refractivity contribution in [2.45, 2.75) is 5.92 Å². The number of carbonyl (C=O) groups is 1. The summed E-state index contributed by atoms with van der Waals surface area (Å²) in [6, 6.07) is 7.62. The second-order valence-corrected chi connectivity index (χ2v) is 7.41. The summed E-state index contributed by atoms with van der Waals surface area (Å²) in [5, 5.41) is 3.32. The van der Waals surface area contributed by atoms with E-state index in [-0.39, 0.29) is 25.3 Å². The molecule has 1 unspecified atom stereocenters. The van der Waals surface area contributed by atoms with Gasteiger partial charge in [0, 0.05) is 17.7 Å². The highest BCUT2D eigenvalue weighted by molar-refractivity contribution is 9.10. The van der Waals surface area contributed by atoms with E-state index in [1.807, 2.05) is 24.3 Å². The van der Waals surface area contributed by atoms with Gasteiger partial charge in [0.25, 0.3) is 0 Å². The summed E-state index contributed by atoms with van der Waals surface area (Å²) in [5.41, 5.74) is 3.98. The fourth-order valence-corrected chi connectivity index (χ4v) is 4.51. The van der Waals surface area contributed by atoms with Crippen LogP contribution in [0.3, 0.4) is 0 Å². The summed E-state index contributed by atoms with van der Waals surface area (Å²) in [6.45, 7) is 0.396. The summed E-state index contributed by atoms with van der Waals surface area (Å²) in [6.07, 6.45) is 0. The molecule has 2 aromatic carbocycles. The first-order valence-electron chi connectivity index (χ1n) is 8.63. The average Bonchev–Trinajstić information content (AvgIpc) is 3.30. The Labute approximate surface area is 169 Å². The van der Waals surface area contributed by atoms with Gasteiger partial charge in [0.1, 0.15) is 6.61 Å². The standard InChI is InChI=1S/C20H16BrNO6/c1-24-16-4-9(3-11(21)19(16)25-2)17-10-5-14-15(28-8-27-14)6-12(10)22-13-7-26-20(23)18(13)17/h3-6,17,22H,7-8H2,1-2H3. The molecule has 1 N–H and O–H groups in total. The summed E-state index contributed by atoms with van der Waals surface area (Å²) in [5.74, 6) is 1.82. The number of anilines is 1. The van der Waals surface area contributed by atoms with Crippen molar-refractivity contribution in [2.75, 3.05) is 32.9 Å². The number of esters is 1. The summed E-state index contributed by atoms with van der Waals surface area (Å²) in [4.78, 5) is 12.6. The van der Waals surface area contributed by atoms with Gasteiger partial charge in [0.05, 0.1) is 30.0 Å². The molecule has 8 heteroatoms. The van der Waals surface area contributed by atoms with Crippen molar-refractivity contribution in [3.05, 3.63) is 51.1 Å². The van der Waals surface area contributed by atoms with Crippen LogP contribution in [-0.2, 0) is 9.53 Å². The number of methoxy groups -OCH3 is 2. The third-order valence-electron chi connectivity index (χ3n) is 5.11. The van der Waals surface area contributed by atoms with Crippen LogP contribution < -0.4 is 24.3 Å². The molecule has 1 atom stereocenters. The number of halogens is 1. The Balaban J connectivity index is 1.73. The maximum atomic E-state index is 12.6. The van der Waals surface area contributed by atoms with Crippen LogP contribution in [0.4, 0.5) is 5.69 Å².